The van der Waals surface area contributed by atoms with E-state index >= 15 is 0 Å². The van der Waals surface area contributed by atoms with E-state index in [0.29, 0.717) is 29.8 Å². The average Bonchev–Trinajstić information content (AvgIpc) is 3.22. The normalized spacial score (nSPS) is 14.7. The van der Waals surface area contributed by atoms with Crippen LogP contribution in [-0.4, -0.2) is 54.8 Å². The van der Waals surface area contributed by atoms with Crippen LogP contribution in [0.15, 0.2) is 24.4 Å². The predicted molar refractivity (Wildman–Crippen MR) is 101 cm³/mol. The zero-order chi connectivity index (χ0) is 19.1. The highest BCUT2D eigenvalue weighted by Crippen LogP contribution is 2.27. The third-order valence-electron chi connectivity index (χ3n) is 4.80. The van der Waals surface area contributed by atoms with E-state index in [0.717, 1.165) is 44.3 Å². The number of nitrogens with zero attached hydrogens (tertiary/aromatic N) is 3. The van der Waals surface area contributed by atoms with Crippen molar-refractivity contribution >= 4 is 5.91 Å². The first kappa shape index (κ1) is 19.2. The summed E-state index contributed by atoms with van der Waals surface area (Å²) in [5.41, 5.74) is 1.51. The molecule has 0 saturated carbocycles. The lowest BCUT2D eigenvalue weighted by atomic mass is 10.1. The minimum absolute atomic E-state index is 0.178. The van der Waals surface area contributed by atoms with E-state index in [9.17, 15) is 4.79 Å². The number of aryl methyl sites for hydroxylation is 1. The van der Waals surface area contributed by atoms with Crippen LogP contribution in [0.1, 0.15) is 41.4 Å². The highest BCUT2D eigenvalue weighted by Gasteiger charge is 2.18. The first-order valence-electron chi connectivity index (χ1n) is 9.33. The fraction of sp³-hybridized carbons (Fsp3) is 0.526. The SMILES string of the molecule is COc1ccc(CCCNC(=O)c2cn(C3CCNCC3)nn2)cc1OC. The minimum Gasteiger partial charge on any atom is -0.493 e. The molecule has 27 heavy (non-hydrogen) atoms. The minimum atomic E-state index is -0.178. The third-order valence-corrected chi connectivity index (χ3v) is 4.80. The van der Waals surface area contributed by atoms with Crippen molar-refractivity contribution in [3.05, 3.63) is 35.7 Å². The van der Waals surface area contributed by atoms with Gasteiger partial charge in [0.25, 0.3) is 5.91 Å². The Kier molecular flexibility index (Phi) is 6.64. The molecule has 8 heteroatoms. The molecule has 0 atom stereocenters. The van der Waals surface area contributed by atoms with Gasteiger partial charge in [0.05, 0.1) is 26.5 Å². The molecule has 0 radical (unpaired) electrons. The molecule has 1 aromatic heterocycles. The van der Waals surface area contributed by atoms with Crippen molar-refractivity contribution in [2.24, 2.45) is 0 Å². The van der Waals surface area contributed by atoms with E-state index in [1.54, 1.807) is 20.4 Å². The molecule has 1 fully saturated rings. The predicted octanol–water partition coefficient (Wildman–Crippen LogP) is 1.58. The maximum Gasteiger partial charge on any atom is 0.273 e. The fourth-order valence-electron chi connectivity index (χ4n) is 3.25. The van der Waals surface area contributed by atoms with Crippen LogP contribution in [0.25, 0.3) is 0 Å². The van der Waals surface area contributed by atoms with Gasteiger partial charge in [-0.15, -0.1) is 5.10 Å². The molecule has 3 rings (SSSR count). The second-order valence-electron chi connectivity index (χ2n) is 6.61. The quantitative estimate of drug-likeness (QED) is 0.683. The van der Waals surface area contributed by atoms with Gasteiger partial charge in [0.1, 0.15) is 0 Å². The Morgan fingerprint density at radius 1 is 1.26 bits per heavy atom. The summed E-state index contributed by atoms with van der Waals surface area (Å²) < 4.78 is 12.4. The molecule has 1 saturated heterocycles. The number of rotatable bonds is 8. The number of carbonyl (C=O) groups excluding carboxylic acids is 1. The summed E-state index contributed by atoms with van der Waals surface area (Å²) in [5.74, 6) is 1.25. The van der Waals surface area contributed by atoms with Crippen LogP contribution in [0.3, 0.4) is 0 Å². The molecule has 0 bridgehead atoms. The number of amides is 1. The summed E-state index contributed by atoms with van der Waals surface area (Å²) in [4.78, 5) is 12.3. The van der Waals surface area contributed by atoms with Crippen LogP contribution in [0, 0.1) is 0 Å². The zero-order valence-electron chi connectivity index (χ0n) is 15.9. The average molecular weight is 373 g/mol. The second-order valence-corrected chi connectivity index (χ2v) is 6.61. The van der Waals surface area contributed by atoms with Crippen molar-refractivity contribution in [1.82, 2.24) is 25.6 Å². The van der Waals surface area contributed by atoms with Crippen LogP contribution >= 0.6 is 0 Å². The van der Waals surface area contributed by atoms with Gasteiger partial charge in [-0.1, -0.05) is 11.3 Å². The molecule has 0 spiro atoms. The van der Waals surface area contributed by atoms with Gasteiger partial charge in [0.15, 0.2) is 17.2 Å². The third kappa shape index (κ3) is 4.97. The molecule has 146 valence electrons. The molecule has 1 aromatic carbocycles. The number of ether oxygens (including phenoxy) is 2. The summed E-state index contributed by atoms with van der Waals surface area (Å²) in [7, 11) is 3.24. The van der Waals surface area contributed by atoms with Gasteiger partial charge >= 0.3 is 0 Å². The Balaban J connectivity index is 1.45. The summed E-state index contributed by atoms with van der Waals surface area (Å²) in [6, 6.07) is 6.19. The number of nitrogens with one attached hydrogen (secondary N) is 2. The van der Waals surface area contributed by atoms with E-state index in [2.05, 4.69) is 20.9 Å². The monoisotopic (exact) mass is 373 g/mol. The number of piperidine rings is 1. The molecule has 0 aliphatic carbocycles. The van der Waals surface area contributed by atoms with E-state index in [-0.39, 0.29) is 5.91 Å². The Labute approximate surface area is 159 Å². The molecule has 8 nitrogen and oxygen atoms in total. The van der Waals surface area contributed by atoms with Gasteiger partial charge < -0.3 is 20.1 Å². The summed E-state index contributed by atoms with van der Waals surface area (Å²) >= 11 is 0. The van der Waals surface area contributed by atoms with Gasteiger partial charge in [-0.2, -0.15) is 0 Å². The lowest BCUT2D eigenvalue weighted by molar-refractivity contribution is 0.0948. The van der Waals surface area contributed by atoms with Crippen LogP contribution in [-0.2, 0) is 6.42 Å². The maximum absolute atomic E-state index is 12.3. The highest BCUT2D eigenvalue weighted by atomic mass is 16.5. The van der Waals surface area contributed by atoms with Crippen molar-refractivity contribution in [2.45, 2.75) is 31.7 Å². The molecule has 2 aromatic rings. The molecule has 2 heterocycles. The first-order chi connectivity index (χ1) is 13.2. The van der Waals surface area contributed by atoms with Crippen molar-refractivity contribution < 1.29 is 14.3 Å². The Morgan fingerprint density at radius 2 is 2.04 bits per heavy atom. The van der Waals surface area contributed by atoms with E-state index in [4.69, 9.17) is 9.47 Å². The Hall–Kier alpha value is -2.61. The summed E-state index contributed by atoms with van der Waals surface area (Å²) in [6.07, 6.45) is 5.43. The lowest BCUT2D eigenvalue weighted by Gasteiger charge is -2.22. The molecular formula is C19H27N5O3. The van der Waals surface area contributed by atoms with Crippen LogP contribution in [0.5, 0.6) is 11.5 Å². The zero-order valence-corrected chi connectivity index (χ0v) is 15.9. The molecule has 1 amide bonds. The van der Waals surface area contributed by atoms with Gasteiger partial charge in [-0.3, -0.25) is 4.79 Å². The van der Waals surface area contributed by atoms with E-state index in [1.165, 1.54) is 0 Å². The number of methoxy groups -OCH3 is 2. The first-order valence-corrected chi connectivity index (χ1v) is 9.33. The van der Waals surface area contributed by atoms with Crippen LogP contribution in [0.4, 0.5) is 0 Å². The van der Waals surface area contributed by atoms with Crippen molar-refractivity contribution in [3.8, 4) is 11.5 Å². The Bertz CT molecular complexity index is 756. The standard InChI is InChI=1S/C19H27N5O3/c1-26-17-6-5-14(12-18(17)27-2)4-3-9-21-19(25)16-13-24(23-22-16)15-7-10-20-11-8-15/h5-6,12-13,15,20H,3-4,7-11H2,1-2H3,(H,21,25). The topological polar surface area (TPSA) is 90.3 Å². The number of benzene rings is 1. The van der Waals surface area contributed by atoms with Crippen LogP contribution in [0.2, 0.25) is 0 Å². The summed E-state index contributed by atoms with van der Waals surface area (Å²) in [5, 5.41) is 14.4. The number of aromatic nitrogens is 3. The smallest absolute Gasteiger partial charge is 0.273 e. The van der Waals surface area contributed by atoms with E-state index < -0.39 is 0 Å². The summed E-state index contributed by atoms with van der Waals surface area (Å²) in [6.45, 7) is 2.53. The molecule has 2 N–H and O–H groups in total. The number of hydrogen-bond donors (Lipinski definition) is 2. The highest BCUT2D eigenvalue weighted by molar-refractivity contribution is 5.91. The Morgan fingerprint density at radius 3 is 2.78 bits per heavy atom. The second kappa shape index (κ2) is 9.36. The molecule has 1 aliphatic rings. The van der Waals surface area contributed by atoms with Gasteiger partial charge in [0.2, 0.25) is 0 Å². The maximum atomic E-state index is 12.3. The molecule has 0 unspecified atom stereocenters. The van der Waals surface area contributed by atoms with Crippen molar-refractivity contribution in [1.29, 1.82) is 0 Å². The number of hydrogen-bond acceptors (Lipinski definition) is 6. The van der Waals surface area contributed by atoms with Gasteiger partial charge in [-0.05, 0) is 56.5 Å². The lowest BCUT2D eigenvalue weighted by Crippen LogP contribution is -2.29. The van der Waals surface area contributed by atoms with Gasteiger partial charge in [-0.25, -0.2) is 4.68 Å². The molecule has 1 aliphatic heterocycles. The molecular weight excluding hydrogens is 346 g/mol. The van der Waals surface area contributed by atoms with Crippen molar-refractivity contribution in [3.63, 3.8) is 0 Å². The van der Waals surface area contributed by atoms with Crippen LogP contribution < -0.4 is 20.1 Å². The fourth-order valence-corrected chi connectivity index (χ4v) is 3.25. The van der Waals surface area contributed by atoms with Gasteiger partial charge in [0, 0.05) is 6.54 Å². The largest absolute Gasteiger partial charge is 0.493 e. The number of carbonyl (C=O) groups is 1. The van der Waals surface area contributed by atoms with Crippen molar-refractivity contribution in [2.75, 3.05) is 33.9 Å². The van der Waals surface area contributed by atoms with E-state index in [1.807, 2.05) is 22.9 Å².